The average Bonchev–Trinajstić information content (AvgIpc) is 2.43. The van der Waals surface area contributed by atoms with Gasteiger partial charge in [-0.15, -0.1) is 0 Å². The first-order valence-corrected chi connectivity index (χ1v) is 7.33. The molecule has 1 fully saturated rings. The zero-order valence-electron chi connectivity index (χ0n) is 12.2. The Hall–Kier alpha value is -1.66. The number of thiocarbonyl (C=S) groups is 1. The molecule has 1 aromatic carbocycles. The normalized spacial score (nSPS) is 21.9. The van der Waals surface area contributed by atoms with E-state index in [4.69, 9.17) is 27.4 Å². The summed E-state index contributed by atoms with van der Waals surface area (Å²) >= 11 is 4.97. The van der Waals surface area contributed by atoms with Crippen LogP contribution in [0.5, 0.6) is 5.75 Å². The topological polar surface area (TPSA) is 64.8 Å². The van der Waals surface area contributed by atoms with Gasteiger partial charge in [-0.25, -0.2) is 0 Å². The fourth-order valence-corrected chi connectivity index (χ4v) is 2.58. The molecule has 1 aliphatic rings. The number of rotatable bonds is 4. The molecule has 2 N–H and O–H groups in total. The van der Waals surface area contributed by atoms with Crippen molar-refractivity contribution in [2.45, 2.75) is 26.1 Å². The summed E-state index contributed by atoms with van der Waals surface area (Å²) in [5.74, 6) is 0.474. The number of nitrogens with two attached hydrogens (primary N) is 1. The first-order chi connectivity index (χ1) is 9.97. The molecule has 114 valence electrons. The second-order valence-electron chi connectivity index (χ2n) is 5.21. The lowest BCUT2D eigenvalue weighted by Crippen LogP contribution is -2.49. The van der Waals surface area contributed by atoms with Crippen molar-refractivity contribution < 1.29 is 14.3 Å². The lowest BCUT2D eigenvalue weighted by molar-refractivity contribution is -0.145. The van der Waals surface area contributed by atoms with E-state index < -0.39 is 0 Å². The molecular weight excluding hydrogens is 288 g/mol. The van der Waals surface area contributed by atoms with E-state index in [1.165, 1.54) is 0 Å². The Morgan fingerprint density at radius 3 is 2.62 bits per heavy atom. The Morgan fingerprint density at radius 2 is 2.00 bits per heavy atom. The molecule has 21 heavy (non-hydrogen) atoms. The molecule has 1 saturated heterocycles. The minimum absolute atomic E-state index is 0.0287. The Bertz CT molecular complexity index is 525. The highest BCUT2D eigenvalue weighted by Gasteiger charge is 2.26. The van der Waals surface area contributed by atoms with Crippen LogP contribution in [0, 0.1) is 0 Å². The van der Waals surface area contributed by atoms with E-state index in [2.05, 4.69) is 0 Å². The van der Waals surface area contributed by atoms with Crippen LogP contribution in [0.4, 0.5) is 0 Å². The third-order valence-corrected chi connectivity index (χ3v) is 3.50. The van der Waals surface area contributed by atoms with E-state index in [1.54, 1.807) is 17.0 Å². The summed E-state index contributed by atoms with van der Waals surface area (Å²) in [4.78, 5) is 14.2. The highest BCUT2D eigenvalue weighted by atomic mass is 32.1. The molecule has 0 unspecified atom stereocenters. The highest BCUT2D eigenvalue weighted by Crippen LogP contribution is 2.18. The van der Waals surface area contributed by atoms with Gasteiger partial charge < -0.3 is 20.1 Å². The predicted octanol–water partition coefficient (Wildman–Crippen LogP) is 1.34. The molecule has 0 saturated carbocycles. The Labute approximate surface area is 130 Å². The largest absolute Gasteiger partial charge is 0.483 e. The van der Waals surface area contributed by atoms with Gasteiger partial charge in [0.2, 0.25) is 0 Å². The summed E-state index contributed by atoms with van der Waals surface area (Å²) in [5.41, 5.74) is 6.28. The van der Waals surface area contributed by atoms with Crippen LogP contribution >= 0.6 is 12.2 Å². The number of para-hydroxylation sites is 1. The number of hydrogen-bond acceptors (Lipinski definition) is 4. The molecule has 0 radical (unpaired) electrons. The molecule has 6 heteroatoms. The third kappa shape index (κ3) is 4.15. The smallest absolute Gasteiger partial charge is 0.260 e. The van der Waals surface area contributed by atoms with E-state index in [1.807, 2.05) is 26.0 Å². The first-order valence-electron chi connectivity index (χ1n) is 6.92. The maximum atomic E-state index is 12.2. The van der Waals surface area contributed by atoms with Crippen molar-refractivity contribution in [2.75, 3.05) is 19.7 Å². The van der Waals surface area contributed by atoms with Gasteiger partial charge in [0.1, 0.15) is 10.7 Å². The van der Waals surface area contributed by atoms with Crippen LogP contribution in [0.15, 0.2) is 24.3 Å². The van der Waals surface area contributed by atoms with Crippen LogP contribution in [0.1, 0.15) is 19.4 Å². The number of benzene rings is 1. The minimum Gasteiger partial charge on any atom is -0.483 e. The molecule has 2 atom stereocenters. The number of carbonyl (C=O) groups is 1. The molecule has 0 aliphatic carbocycles. The van der Waals surface area contributed by atoms with E-state index in [0.29, 0.717) is 24.4 Å². The van der Waals surface area contributed by atoms with Crippen molar-refractivity contribution in [1.82, 2.24) is 4.90 Å². The first kappa shape index (κ1) is 15.7. The van der Waals surface area contributed by atoms with Gasteiger partial charge in [-0.3, -0.25) is 4.79 Å². The Morgan fingerprint density at radius 1 is 1.38 bits per heavy atom. The standard InChI is InChI=1S/C15H20N2O3S/c1-10-7-17(8-11(2)20-10)14(18)9-19-13-6-4-3-5-12(13)15(16)21/h3-6,10-11H,7-9H2,1-2H3,(H2,16,21)/t10-,11+. The molecule has 0 spiro atoms. The summed E-state index contributed by atoms with van der Waals surface area (Å²) in [6, 6.07) is 7.18. The van der Waals surface area contributed by atoms with Crippen molar-refractivity contribution in [1.29, 1.82) is 0 Å². The van der Waals surface area contributed by atoms with Crippen LogP contribution in [0.3, 0.4) is 0 Å². The van der Waals surface area contributed by atoms with E-state index >= 15 is 0 Å². The Kier molecular flexibility index (Phi) is 5.14. The van der Waals surface area contributed by atoms with Crippen LogP contribution in [0.2, 0.25) is 0 Å². The SMILES string of the molecule is C[C@@H]1CN(C(=O)COc2ccccc2C(N)=S)C[C@H](C)O1. The van der Waals surface area contributed by atoms with Gasteiger partial charge in [-0.1, -0.05) is 24.4 Å². The number of hydrogen-bond donors (Lipinski definition) is 1. The van der Waals surface area contributed by atoms with E-state index in [-0.39, 0.29) is 29.7 Å². The van der Waals surface area contributed by atoms with Crippen LogP contribution in [0.25, 0.3) is 0 Å². The minimum atomic E-state index is -0.0604. The maximum Gasteiger partial charge on any atom is 0.260 e. The maximum absolute atomic E-state index is 12.2. The highest BCUT2D eigenvalue weighted by molar-refractivity contribution is 7.80. The fraction of sp³-hybridized carbons (Fsp3) is 0.467. The van der Waals surface area contributed by atoms with Crippen molar-refractivity contribution in [3.63, 3.8) is 0 Å². The monoisotopic (exact) mass is 308 g/mol. The van der Waals surface area contributed by atoms with Gasteiger partial charge >= 0.3 is 0 Å². The van der Waals surface area contributed by atoms with Crippen molar-refractivity contribution in [3.05, 3.63) is 29.8 Å². The zero-order valence-corrected chi connectivity index (χ0v) is 13.1. The molecule has 5 nitrogen and oxygen atoms in total. The Balaban J connectivity index is 1.97. The molecule has 1 amide bonds. The number of amides is 1. The third-order valence-electron chi connectivity index (χ3n) is 3.28. The molecule has 1 aliphatic heterocycles. The summed E-state index contributed by atoms with van der Waals surface area (Å²) in [5, 5.41) is 0. The van der Waals surface area contributed by atoms with Gasteiger partial charge in [0, 0.05) is 13.1 Å². The fourth-order valence-electron chi connectivity index (χ4n) is 2.41. The number of carbonyl (C=O) groups excluding carboxylic acids is 1. The number of ether oxygens (including phenoxy) is 2. The van der Waals surface area contributed by atoms with E-state index in [0.717, 1.165) is 0 Å². The van der Waals surface area contributed by atoms with Crippen molar-refractivity contribution >= 4 is 23.1 Å². The molecule has 2 rings (SSSR count). The lowest BCUT2D eigenvalue weighted by Gasteiger charge is -2.35. The lowest BCUT2D eigenvalue weighted by atomic mass is 10.2. The summed E-state index contributed by atoms with van der Waals surface area (Å²) in [6.45, 7) is 5.06. The molecule has 0 aromatic heterocycles. The molecular formula is C15H20N2O3S. The van der Waals surface area contributed by atoms with E-state index in [9.17, 15) is 4.79 Å². The summed E-state index contributed by atoms with van der Waals surface area (Å²) in [7, 11) is 0. The second-order valence-corrected chi connectivity index (χ2v) is 5.64. The second kappa shape index (κ2) is 6.87. The molecule has 1 aromatic rings. The predicted molar refractivity (Wildman–Crippen MR) is 84.4 cm³/mol. The molecule has 1 heterocycles. The average molecular weight is 308 g/mol. The van der Waals surface area contributed by atoms with Gasteiger partial charge in [-0.05, 0) is 26.0 Å². The number of morpholine rings is 1. The van der Waals surface area contributed by atoms with Crippen molar-refractivity contribution in [3.8, 4) is 5.75 Å². The summed E-state index contributed by atoms with van der Waals surface area (Å²) in [6.07, 6.45) is 0.0863. The zero-order chi connectivity index (χ0) is 15.4. The van der Waals surface area contributed by atoms with Crippen LogP contribution < -0.4 is 10.5 Å². The van der Waals surface area contributed by atoms with Crippen molar-refractivity contribution in [2.24, 2.45) is 5.73 Å². The van der Waals surface area contributed by atoms with Gasteiger partial charge in [0.05, 0.1) is 17.8 Å². The van der Waals surface area contributed by atoms with Gasteiger partial charge in [0.15, 0.2) is 6.61 Å². The molecule has 0 bridgehead atoms. The summed E-state index contributed by atoms with van der Waals surface area (Å²) < 4.78 is 11.2. The number of nitrogens with zero attached hydrogens (tertiary/aromatic N) is 1. The quantitative estimate of drug-likeness (QED) is 0.850. The van der Waals surface area contributed by atoms with Gasteiger partial charge in [0.25, 0.3) is 5.91 Å². The van der Waals surface area contributed by atoms with Gasteiger partial charge in [-0.2, -0.15) is 0 Å². The van der Waals surface area contributed by atoms with Crippen LogP contribution in [-0.4, -0.2) is 47.7 Å². The van der Waals surface area contributed by atoms with Crippen LogP contribution in [-0.2, 0) is 9.53 Å².